The lowest BCUT2D eigenvalue weighted by atomic mass is 9.60. The third-order valence-corrected chi connectivity index (χ3v) is 7.77. The average Bonchev–Trinajstić information content (AvgIpc) is 3.29. The number of carbonyl (C=O) groups is 2. The molecule has 1 aliphatic carbocycles. The number of carbonyl (C=O) groups excluding carboxylic acids is 2. The lowest BCUT2D eigenvalue weighted by Gasteiger charge is -2.46. The number of amides is 1. The van der Waals surface area contributed by atoms with Gasteiger partial charge in [0.2, 0.25) is 17.3 Å². The molecule has 32 heavy (non-hydrogen) atoms. The summed E-state index contributed by atoms with van der Waals surface area (Å²) in [5.41, 5.74) is 1.77. The summed E-state index contributed by atoms with van der Waals surface area (Å²) < 4.78 is 7.13. The predicted octanol–water partition coefficient (Wildman–Crippen LogP) is 4.23. The van der Waals surface area contributed by atoms with Crippen LogP contribution >= 0.6 is 0 Å². The Bertz CT molecular complexity index is 1200. The molecule has 5 aliphatic rings. The summed E-state index contributed by atoms with van der Waals surface area (Å²) in [5.74, 6) is 0.890. The first-order valence-corrected chi connectivity index (χ1v) is 11.5. The molecule has 0 bridgehead atoms. The standard InChI is InChI=1S/C26H28N2O4/c1-24(2)14-26(13-19(29)18-6-5-11-27(18)23(26)30)12-17-15-7-8-20-16(9-10-25(3,4)32-20)21(15)28(31)22(17)24/h7-10,12,18H,5-6,11,13-14H2,1-4H3/t18-,26-/m0/s1. The second kappa shape index (κ2) is 5.91. The van der Waals surface area contributed by atoms with Gasteiger partial charge in [-0.3, -0.25) is 9.59 Å². The van der Waals surface area contributed by atoms with Crippen LogP contribution in [0.5, 0.6) is 5.75 Å². The van der Waals surface area contributed by atoms with Gasteiger partial charge >= 0.3 is 0 Å². The molecule has 2 atom stereocenters. The molecule has 6 nitrogen and oxygen atoms in total. The van der Waals surface area contributed by atoms with Crippen molar-refractivity contribution in [3.05, 3.63) is 40.6 Å². The van der Waals surface area contributed by atoms with Crippen molar-refractivity contribution in [3.63, 3.8) is 0 Å². The van der Waals surface area contributed by atoms with Gasteiger partial charge in [0, 0.05) is 13.0 Å². The summed E-state index contributed by atoms with van der Waals surface area (Å²) in [5, 5.41) is 13.7. The molecule has 0 N–H and O–H groups in total. The molecule has 0 saturated carbocycles. The Morgan fingerprint density at radius 2 is 1.97 bits per heavy atom. The highest BCUT2D eigenvalue weighted by Gasteiger charge is 2.59. The highest BCUT2D eigenvalue weighted by Crippen LogP contribution is 2.56. The van der Waals surface area contributed by atoms with E-state index in [1.165, 1.54) is 0 Å². The summed E-state index contributed by atoms with van der Waals surface area (Å²) in [4.78, 5) is 28.5. The summed E-state index contributed by atoms with van der Waals surface area (Å²) >= 11 is 0. The van der Waals surface area contributed by atoms with Crippen molar-refractivity contribution in [2.24, 2.45) is 10.8 Å². The van der Waals surface area contributed by atoms with Crippen LogP contribution in [0.2, 0.25) is 0 Å². The SMILES string of the molecule is CC1(C)C=Cc2c(ccc3c2[N+]([O-])=C2C3=C[C@]3(CC(=O)[C@@H]4CCCN4C3=O)CC2(C)C)O1. The largest absolute Gasteiger partial charge is 0.618 e. The summed E-state index contributed by atoms with van der Waals surface area (Å²) in [6, 6.07) is 3.58. The van der Waals surface area contributed by atoms with Gasteiger partial charge in [-0.1, -0.05) is 6.08 Å². The molecule has 2 fully saturated rings. The number of piperidine rings is 1. The second-order valence-electron chi connectivity index (χ2n) is 11.1. The van der Waals surface area contributed by atoms with Crippen LogP contribution in [-0.4, -0.2) is 45.2 Å². The third-order valence-electron chi connectivity index (χ3n) is 7.77. The maximum absolute atomic E-state index is 13.7. The van der Waals surface area contributed by atoms with E-state index in [4.69, 9.17) is 4.74 Å². The fraction of sp³-hybridized carbons (Fsp3) is 0.500. The van der Waals surface area contributed by atoms with Gasteiger partial charge in [-0.2, -0.15) is 4.74 Å². The average molecular weight is 433 g/mol. The summed E-state index contributed by atoms with van der Waals surface area (Å²) in [6.45, 7) is 8.64. The van der Waals surface area contributed by atoms with Crippen LogP contribution in [0.15, 0.2) is 24.3 Å². The number of ketones is 1. The highest BCUT2D eigenvalue weighted by molar-refractivity contribution is 6.29. The van der Waals surface area contributed by atoms with Crippen molar-refractivity contribution in [2.45, 2.75) is 65.0 Å². The van der Waals surface area contributed by atoms with E-state index in [1.54, 1.807) is 4.90 Å². The first kappa shape index (κ1) is 19.8. The number of ether oxygens (including phenoxy) is 1. The van der Waals surface area contributed by atoms with Crippen LogP contribution in [0.25, 0.3) is 11.6 Å². The Morgan fingerprint density at radius 3 is 2.75 bits per heavy atom. The number of Topliss-reactive ketones (excluding diaryl/α,β-unsaturated/α-hetero) is 1. The molecule has 0 unspecified atom stereocenters. The van der Waals surface area contributed by atoms with E-state index >= 15 is 0 Å². The molecule has 1 aromatic carbocycles. The smallest absolute Gasteiger partial charge is 0.235 e. The quantitative estimate of drug-likeness (QED) is 0.454. The van der Waals surface area contributed by atoms with Crippen molar-refractivity contribution in [2.75, 3.05) is 6.54 Å². The number of hydrogen-bond acceptors (Lipinski definition) is 4. The zero-order chi connectivity index (χ0) is 22.6. The fourth-order valence-corrected chi connectivity index (χ4v) is 6.60. The van der Waals surface area contributed by atoms with Crippen molar-refractivity contribution >= 4 is 34.7 Å². The molecule has 4 aliphatic heterocycles. The number of nitrogens with zero attached hydrogens (tertiary/aromatic N) is 2. The van der Waals surface area contributed by atoms with Crippen LogP contribution in [-0.2, 0) is 9.59 Å². The Hall–Kier alpha value is -2.89. The van der Waals surface area contributed by atoms with Crippen molar-refractivity contribution in [1.29, 1.82) is 0 Å². The first-order chi connectivity index (χ1) is 15.0. The lowest BCUT2D eigenvalue weighted by molar-refractivity contribution is -0.361. The van der Waals surface area contributed by atoms with E-state index in [0.29, 0.717) is 30.1 Å². The van der Waals surface area contributed by atoms with Gasteiger partial charge in [0.25, 0.3) is 0 Å². The number of hydrogen-bond donors (Lipinski definition) is 0. The van der Waals surface area contributed by atoms with Crippen molar-refractivity contribution in [1.82, 2.24) is 4.90 Å². The van der Waals surface area contributed by atoms with E-state index in [9.17, 15) is 14.8 Å². The molecule has 166 valence electrons. The van der Waals surface area contributed by atoms with Crippen LogP contribution in [0.3, 0.4) is 0 Å². The minimum atomic E-state index is -0.882. The molecular weight excluding hydrogens is 404 g/mol. The molecule has 0 aromatic heterocycles. The molecule has 2 saturated heterocycles. The maximum atomic E-state index is 13.7. The fourth-order valence-electron chi connectivity index (χ4n) is 6.60. The molecule has 6 heteroatoms. The van der Waals surface area contributed by atoms with Crippen LogP contribution in [0.1, 0.15) is 64.5 Å². The Balaban J connectivity index is 1.56. The zero-order valence-corrected chi connectivity index (χ0v) is 19.0. The molecular formula is C26H28N2O4. The molecule has 1 amide bonds. The molecule has 4 heterocycles. The molecule has 1 aromatic rings. The zero-order valence-electron chi connectivity index (χ0n) is 19.0. The Kier molecular flexibility index (Phi) is 3.65. The minimum Gasteiger partial charge on any atom is -0.618 e. The van der Waals surface area contributed by atoms with Gasteiger partial charge in [0.05, 0.1) is 33.6 Å². The topological polar surface area (TPSA) is 72.7 Å². The highest BCUT2D eigenvalue weighted by atomic mass is 16.5. The van der Waals surface area contributed by atoms with Gasteiger partial charge in [0.15, 0.2) is 5.78 Å². The first-order valence-electron chi connectivity index (χ1n) is 11.5. The normalized spacial score (nSPS) is 31.2. The maximum Gasteiger partial charge on any atom is 0.235 e. The summed E-state index contributed by atoms with van der Waals surface area (Å²) in [7, 11) is 0. The number of benzene rings is 1. The third kappa shape index (κ3) is 2.44. The van der Waals surface area contributed by atoms with Crippen LogP contribution in [0.4, 0.5) is 5.69 Å². The Labute approximate surface area is 187 Å². The van der Waals surface area contributed by atoms with Crippen molar-refractivity contribution < 1.29 is 19.1 Å². The lowest BCUT2D eigenvalue weighted by Crippen LogP contribution is -2.57. The minimum absolute atomic E-state index is 0.0491. The van der Waals surface area contributed by atoms with E-state index in [-0.39, 0.29) is 24.2 Å². The Morgan fingerprint density at radius 1 is 1.19 bits per heavy atom. The van der Waals surface area contributed by atoms with Gasteiger partial charge in [-0.05, 0) is 71.2 Å². The molecule has 6 rings (SSSR count). The van der Waals surface area contributed by atoms with Gasteiger partial charge in [-0.25, -0.2) is 0 Å². The van der Waals surface area contributed by atoms with E-state index in [1.807, 2.05) is 58.1 Å². The van der Waals surface area contributed by atoms with Crippen LogP contribution in [0, 0.1) is 16.0 Å². The van der Waals surface area contributed by atoms with Gasteiger partial charge < -0.3 is 14.8 Å². The monoisotopic (exact) mass is 432 g/mol. The number of fused-ring (bicyclic) bond motifs is 6. The van der Waals surface area contributed by atoms with Gasteiger partial charge in [-0.15, -0.1) is 0 Å². The summed E-state index contributed by atoms with van der Waals surface area (Å²) in [6.07, 6.45) is 8.21. The van der Waals surface area contributed by atoms with E-state index in [0.717, 1.165) is 34.3 Å². The van der Waals surface area contributed by atoms with Gasteiger partial charge in [0.1, 0.15) is 11.4 Å². The van der Waals surface area contributed by atoms with Crippen LogP contribution < -0.4 is 4.74 Å². The second-order valence-corrected chi connectivity index (χ2v) is 11.1. The van der Waals surface area contributed by atoms with Crippen molar-refractivity contribution in [3.8, 4) is 5.75 Å². The van der Waals surface area contributed by atoms with E-state index in [2.05, 4.69) is 0 Å². The van der Waals surface area contributed by atoms with E-state index < -0.39 is 16.4 Å². The molecule has 1 spiro atoms. The number of rotatable bonds is 0. The number of allylic oxidation sites excluding steroid dienone is 1. The predicted molar refractivity (Wildman–Crippen MR) is 122 cm³/mol. The molecule has 0 radical (unpaired) electrons.